The molecule has 4 N–H and O–H groups in total. The van der Waals surface area contributed by atoms with Crippen molar-refractivity contribution in [3.8, 4) is 5.75 Å². The highest BCUT2D eigenvalue weighted by molar-refractivity contribution is 7.86. The Balaban J connectivity index is 2.02. The van der Waals surface area contributed by atoms with Gasteiger partial charge in [0.15, 0.2) is 5.75 Å². The number of nitrogens with zero attached hydrogens (tertiary/aromatic N) is 3. The van der Waals surface area contributed by atoms with Crippen molar-refractivity contribution in [1.82, 2.24) is 5.32 Å². The van der Waals surface area contributed by atoms with Crippen LogP contribution in [0, 0.1) is 0 Å². The first-order valence-electron chi connectivity index (χ1n) is 9.92. The van der Waals surface area contributed by atoms with Crippen molar-refractivity contribution < 1.29 is 44.0 Å². The van der Waals surface area contributed by atoms with Crippen molar-refractivity contribution in [2.75, 3.05) is 7.05 Å². The van der Waals surface area contributed by atoms with E-state index in [1.807, 2.05) is 0 Å². The second-order valence-electron chi connectivity index (χ2n) is 7.59. The van der Waals surface area contributed by atoms with Crippen molar-refractivity contribution in [2.24, 2.45) is 10.2 Å². The van der Waals surface area contributed by atoms with E-state index in [1.54, 1.807) is 0 Å². The molecule has 0 aliphatic heterocycles. The van der Waals surface area contributed by atoms with Crippen molar-refractivity contribution in [2.45, 2.75) is 14.7 Å². The van der Waals surface area contributed by atoms with E-state index in [2.05, 4.69) is 15.5 Å². The monoisotopic (exact) mass is 566 g/mol. The predicted molar refractivity (Wildman–Crippen MR) is 131 cm³/mol. The molecule has 1 radical (unpaired) electrons. The maximum Gasteiger partial charge on any atom is 0.297 e. The van der Waals surface area contributed by atoms with Gasteiger partial charge < -0.3 is 5.11 Å². The summed E-state index contributed by atoms with van der Waals surface area (Å²) >= 11 is 0. The number of hydrogen-bond acceptors (Lipinski definition) is 9. The summed E-state index contributed by atoms with van der Waals surface area (Å²) in [6, 6.07) is 10.7. The lowest BCUT2D eigenvalue weighted by atomic mass is 10.1. The van der Waals surface area contributed by atoms with E-state index < -0.39 is 62.2 Å². The van der Waals surface area contributed by atoms with Gasteiger partial charge >= 0.3 is 0 Å². The molecule has 0 fully saturated rings. The molecule has 4 rings (SSSR count). The van der Waals surface area contributed by atoms with Gasteiger partial charge in [-0.2, -0.15) is 25.3 Å². The first kappa shape index (κ1) is 26.4. The van der Waals surface area contributed by atoms with Gasteiger partial charge in [-0.3, -0.25) is 19.0 Å². The van der Waals surface area contributed by atoms with E-state index in [4.69, 9.17) is 0 Å². The highest BCUT2D eigenvalue weighted by Gasteiger charge is 2.25. The second kappa shape index (κ2) is 9.02. The Bertz CT molecular complexity index is 1950. The molecule has 0 saturated heterocycles. The third kappa shape index (κ3) is 4.97. The fourth-order valence-electron chi connectivity index (χ4n) is 3.74. The van der Waals surface area contributed by atoms with Gasteiger partial charge in [0, 0.05) is 23.2 Å². The number of hydrogen-bond donors (Lipinski definition) is 4. The van der Waals surface area contributed by atoms with Crippen LogP contribution in [0.4, 0.5) is 17.1 Å². The molecule has 0 atom stereocenters. The number of phenols is 1. The van der Waals surface area contributed by atoms with Crippen LogP contribution >= 0.6 is 0 Å². The number of phenolic OH excluding ortho intramolecular Hbond substituents is 1. The summed E-state index contributed by atoms with van der Waals surface area (Å²) in [5.74, 6) is -0.709. The number of benzene rings is 4. The van der Waals surface area contributed by atoms with Crippen molar-refractivity contribution in [1.29, 1.82) is 0 Å². The molecule has 0 aliphatic rings. The van der Waals surface area contributed by atoms with E-state index >= 15 is 0 Å². The van der Waals surface area contributed by atoms with Crippen LogP contribution in [0.1, 0.15) is 0 Å². The minimum Gasteiger partial charge on any atom is -0.505 e. The predicted octanol–water partition coefficient (Wildman–Crippen LogP) is 3.72. The molecule has 37 heavy (non-hydrogen) atoms. The average Bonchev–Trinajstić information content (AvgIpc) is 2.80. The van der Waals surface area contributed by atoms with Crippen LogP contribution in [-0.2, 0) is 30.4 Å². The fourth-order valence-corrected chi connectivity index (χ4v) is 5.93. The lowest BCUT2D eigenvalue weighted by molar-refractivity contribution is 0.472. The Hall–Kier alpha value is -3.67. The van der Waals surface area contributed by atoms with Crippen LogP contribution in [0.2, 0.25) is 0 Å². The van der Waals surface area contributed by atoms with Crippen LogP contribution in [0.25, 0.3) is 21.5 Å². The first-order chi connectivity index (χ1) is 17.1. The zero-order valence-electron chi connectivity index (χ0n) is 18.5. The normalized spacial score (nSPS) is 13.0. The number of azo groups is 1. The maximum atomic E-state index is 12.2. The molecule has 193 valence electrons. The van der Waals surface area contributed by atoms with E-state index in [1.165, 1.54) is 25.2 Å². The molecule has 16 heteroatoms. The minimum atomic E-state index is -5.09. The number of rotatable bonds is 6. The molecular weight excluding hydrogens is 550 g/mol. The van der Waals surface area contributed by atoms with Gasteiger partial charge in [-0.05, 0) is 41.8 Å². The average molecular weight is 567 g/mol. The van der Waals surface area contributed by atoms with Crippen LogP contribution in [-0.4, -0.2) is 51.1 Å². The quantitative estimate of drug-likeness (QED) is 0.195. The molecule has 0 bridgehead atoms. The topological polar surface area (TPSA) is 222 Å². The zero-order chi connectivity index (χ0) is 27.3. The Labute approximate surface area is 210 Å². The maximum absolute atomic E-state index is 12.2. The molecule has 0 spiro atoms. The van der Waals surface area contributed by atoms with Crippen LogP contribution in [0.15, 0.2) is 79.5 Å². The molecule has 0 heterocycles. The summed E-state index contributed by atoms with van der Waals surface area (Å²) in [7, 11) is -13.4. The molecule has 0 aromatic heterocycles. The molecular formula is C21H16N3O10S3. The Kier molecular flexibility index (Phi) is 6.43. The smallest absolute Gasteiger partial charge is 0.297 e. The summed E-state index contributed by atoms with van der Waals surface area (Å²) in [6.45, 7) is 0. The number of fused-ring (bicyclic) bond motifs is 2. The Morgan fingerprint density at radius 1 is 0.676 bits per heavy atom. The van der Waals surface area contributed by atoms with Crippen molar-refractivity contribution in [3.05, 3.63) is 54.6 Å². The standard InChI is InChI=1S/C21H16N3O10S3/c1-22-12-5-6-13-11(9-12)10-18(36(29,30)31)19(20(13)25)24-23-16-8-7-14-15(21(16)37(32,33)34)3-2-4-17(14)35(26,27)28/h2-10,25H,1H3,(H,26,27,28)(H,29,30,31)(H,32,33,34). The van der Waals surface area contributed by atoms with E-state index in [0.29, 0.717) is 5.69 Å². The third-order valence-electron chi connectivity index (χ3n) is 5.32. The Morgan fingerprint density at radius 2 is 1.32 bits per heavy atom. The van der Waals surface area contributed by atoms with Gasteiger partial charge in [0.2, 0.25) is 0 Å². The molecule has 0 saturated carbocycles. The number of aromatic hydroxyl groups is 1. The summed E-state index contributed by atoms with van der Waals surface area (Å²) in [5.41, 5.74) is -0.853. The summed E-state index contributed by atoms with van der Waals surface area (Å²) in [4.78, 5) is -2.39. The van der Waals surface area contributed by atoms with Gasteiger partial charge in [-0.1, -0.05) is 18.2 Å². The minimum absolute atomic E-state index is 0.111. The highest BCUT2D eigenvalue weighted by Crippen LogP contribution is 2.43. The van der Waals surface area contributed by atoms with Crippen LogP contribution in [0.3, 0.4) is 0 Å². The van der Waals surface area contributed by atoms with Crippen molar-refractivity contribution in [3.63, 3.8) is 0 Å². The molecule has 0 unspecified atom stereocenters. The first-order valence-corrected chi connectivity index (χ1v) is 14.2. The third-order valence-corrected chi connectivity index (χ3v) is 8.04. The molecule has 0 amide bonds. The van der Waals surface area contributed by atoms with Gasteiger partial charge in [0.05, 0.1) is 5.69 Å². The van der Waals surface area contributed by atoms with Crippen molar-refractivity contribution >= 4 is 69.0 Å². The lowest BCUT2D eigenvalue weighted by Crippen LogP contribution is -2.03. The van der Waals surface area contributed by atoms with Gasteiger partial charge in [0.25, 0.3) is 30.4 Å². The summed E-state index contributed by atoms with van der Waals surface area (Å²) < 4.78 is 101. The fraction of sp³-hybridized carbons (Fsp3) is 0.0476. The molecule has 4 aromatic carbocycles. The second-order valence-corrected chi connectivity index (χ2v) is 11.7. The molecule has 4 aromatic rings. The zero-order valence-corrected chi connectivity index (χ0v) is 21.0. The van der Waals surface area contributed by atoms with E-state index in [9.17, 15) is 44.0 Å². The van der Waals surface area contributed by atoms with E-state index in [0.717, 1.165) is 36.4 Å². The summed E-state index contributed by atoms with van der Waals surface area (Å²) in [6.07, 6.45) is 0. The van der Waals surface area contributed by atoms with Gasteiger partial charge in [-0.25, -0.2) is 0 Å². The summed E-state index contributed by atoms with van der Waals surface area (Å²) in [5, 5.41) is 21.7. The lowest BCUT2D eigenvalue weighted by Gasteiger charge is -2.11. The highest BCUT2D eigenvalue weighted by atomic mass is 32.2. The molecule has 0 aliphatic carbocycles. The van der Waals surface area contributed by atoms with E-state index in [-0.39, 0.29) is 21.5 Å². The van der Waals surface area contributed by atoms with Crippen LogP contribution in [0.5, 0.6) is 5.75 Å². The largest absolute Gasteiger partial charge is 0.505 e. The SMILES string of the molecule is C[N]c1ccc2c(O)c(N=Nc3ccc4c(S(=O)(=O)O)cccc4c3S(=O)(=O)O)c(S(=O)(=O)O)cc2c1. The van der Waals surface area contributed by atoms with Crippen LogP contribution < -0.4 is 5.32 Å². The van der Waals surface area contributed by atoms with Gasteiger partial charge in [-0.15, -0.1) is 10.2 Å². The Morgan fingerprint density at radius 3 is 1.92 bits per heavy atom. The van der Waals surface area contributed by atoms with Gasteiger partial charge in [0.1, 0.15) is 26.1 Å². The molecule has 13 nitrogen and oxygen atoms in total.